The summed E-state index contributed by atoms with van der Waals surface area (Å²) in [7, 11) is 0. The molecule has 2 N–H and O–H groups in total. The van der Waals surface area contributed by atoms with E-state index in [0.717, 1.165) is 146 Å². The molecule has 2 atom stereocenters. The largest absolute Gasteiger partial charge is 0.481 e. The van der Waals surface area contributed by atoms with Crippen LogP contribution >= 0.6 is 0 Å². The minimum atomic E-state index is -0.786. The van der Waals surface area contributed by atoms with Crippen LogP contribution in [-0.4, -0.2) is 256 Å². The molecule has 0 saturated carbocycles. The molecule has 0 aromatic heterocycles. The van der Waals surface area contributed by atoms with Gasteiger partial charge in [0.1, 0.15) is 0 Å². The molecule has 0 bridgehead atoms. The maximum absolute atomic E-state index is 12.3. The van der Waals surface area contributed by atoms with Crippen molar-refractivity contribution < 1.29 is 115 Å². The predicted molar refractivity (Wildman–Crippen MR) is 366 cm³/mol. The summed E-state index contributed by atoms with van der Waals surface area (Å²) in [5, 5.41) is 17.8. The Bertz CT molecular complexity index is 2550. The van der Waals surface area contributed by atoms with Crippen LogP contribution in [0.15, 0.2) is 54.6 Å². The van der Waals surface area contributed by atoms with E-state index in [4.69, 9.17) is 86.7 Å². The van der Waals surface area contributed by atoms with Crippen molar-refractivity contribution in [3.8, 4) is 0 Å². The van der Waals surface area contributed by atoms with E-state index >= 15 is 0 Å². The first-order valence-electron chi connectivity index (χ1n) is 34.2. The van der Waals surface area contributed by atoms with Gasteiger partial charge in [-0.2, -0.15) is 57.5 Å². The molecule has 0 spiro atoms. The third-order valence-electron chi connectivity index (χ3n) is 14.6. The van der Waals surface area contributed by atoms with Crippen molar-refractivity contribution in [2.45, 2.75) is 171 Å². The number of hydrogen-bond donors (Lipinski definition) is 2. The Kier molecular flexibility index (Phi) is 79.3. The van der Waals surface area contributed by atoms with Gasteiger partial charge in [-0.05, 0) is 153 Å². The first-order valence-corrected chi connectivity index (χ1v) is 34.2. The Morgan fingerprint density at radius 2 is 0.637 bits per heavy atom. The average molecular weight is 1450 g/mol. The van der Waals surface area contributed by atoms with E-state index in [1.54, 1.807) is 27.7 Å². The highest BCUT2D eigenvalue weighted by Crippen LogP contribution is 2.18. The number of carbonyl (C=O) groups is 6. The molecule has 2 aromatic carbocycles. The van der Waals surface area contributed by atoms with E-state index in [1.165, 1.54) is 5.56 Å². The van der Waals surface area contributed by atoms with Gasteiger partial charge in [-0.3, -0.25) is 48.4 Å². The average Bonchev–Trinajstić information content (AvgIpc) is 0.907. The molecule has 0 aliphatic carbocycles. The Balaban J connectivity index is -0.000000365. The van der Waals surface area contributed by atoms with Crippen molar-refractivity contribution in [1.82, 2.24) is 29.4 Å². The summed E-state index contributed by atoms with van der Waals surface area (Å²) in [5.41, 5.74) is 4.42. The first-order chi connectivity index (χ1) is 49.0. The van der Waals surface area contributed by atoms with Crippen molar-refractivity contribution in [1.29, 1.82) is 0 Å². The predicted octanol–water partition coefficient (Wildman–Crippen LogP) is 5.89. The standard InChI is InChI=1S/C33H57N3O6.C33H55N3O6.6CO2/c2*1-6-20-34(21-7-2)22-24-36(25-23-35(26-32(39)41-9-4)27-33(40)42-10-5)30(8-3)13-11-12-28-14-16-29(17-15-28)18-19-31(37)38;6*2-1-3/h14-17,30H,6-13,18-27H2,1-5H3,(H,37,38);11-12,14-17,30H,6-10,13,18-27H2,1-5H3,(H,37,38);;;;;;/b;12-11+;;;;;;. The molecule has 2 unspecified atom stereocenters. The lowest BCUT2D eigenvalue weighted by atomic mass is 10.00. The van der Waals surface area contributed by atoms with Gasteiger partial charge in [-0.1, -0.05) is 102 Å². The Hall–Kier alpha value is -8.96. The summed E-state index contributed by atoms with van der Waals surface area (Å²) in [4.78, 5) is 182. The summed E-state index contributed by atoms with van der Waals surface area (Å²) in [6.45, 7) is 32.6. The third kappa shape index (κ3) is 66.9. The van der Waals surface area contributed by atoms with E-state index in [9.17, 15) is 28.8 Å². The SMILES string of the molecule is CCCN(CCC)CCN(CCN(CC(=O)OCC)CC(=O)OCC)C(CC)C/C=C/c1ccc(CCC(=O)O)cc1.CCCN(CCC)CCN(CCN(CC(=O)OCC)CC(=O)OCC)C(CC)CCCc1ccc(CCC(=O)O)cc1.O=C=O.O=C=O.O=C=O.O=C=O.O=C=O.O=C=O. The number of aliphatic carboxylic acids is 2. The van der Waals surface area contributed by atoms with Crippen molar-refractivity contribution in [3.63, 3.8) is 0 Å². The van der Waals surface area contributed by atoms with Crippen LogP contribution in [0.1, 0.15) is 162 Å². The molecule has 2 rings (SSSR count). The second-order valence-electron chi connectivity index (χ2n) is 21.9. The van der Waals surface area contributed by atoms with Gasteiger partial charge in [-0.15, -0.1) is 0 Å². The number of nitrogens with zero attached hydrogens (tertiary/aromatic N) is 6. The summed E-state index contributed by atoms with van der Waals surface area (Å²) in [6.07, 6.45) is 17.6. The lowest BCUT2D eigenvalue weighted by Crippen LogP contribution is -2.46. The molecular formula is C72H112N6O24. The number of carboxylic acids is 2. The Morgan fingerprint density at radius 1 is 0.373 bits per heavy atom. The minimum absolute atomic E-state index is 0.0530. The van der Waals surface area contributed by atoms with Crippen molar-refractivity contribution >= 4 is 78.8 Å². The molecule has 0 fully saturated rings. The number of rotatable bonds is 49. The molecule has 30 nitrogen and oxygen atoms in total. The normalized spacial score (nSPS) is 10.6. The van der Waals surface area contributed by atoms with Crippen molar-refractivity contribution in [3.05, 3.63) is 76.9 Å². The van der Waals surface area contributed by atoms with Gasteiger partial charge in [0.25, 0.3) is 0 Å². The minimum Gasteiger partial charge on any atom is -0.481 e. The third-order valence-corrected chi connectivity index (χ3v) is 14.6. The molecule has 0 radical (unpaired) electrons. The van der Waals surface area contributed by atoms with Crippen molar-refractivity contribution in [2.75, 3.05) is 131 Å². The Morgan fingerprint density at radius 3 is 0.902 bits per heavy atom. The molecule has 0 aliphatic heterocycles. The zero-order valence-electron chi connectivity index (χ0n) is 61.5. The number of hydrogen-bond acceptors (Lipinski definition) is 28. The van der Waals surface area contributed by atoms with Crippen LogP contribution in [0.5, 0.6) is 0 Å². The van der Waals surface area contributed by atoms with E-state index in [1.807, 2.05) is 46.2 Å². The number of carbonyl (C=O) groups excluding carboxylic acids is 16. The highest BCUT2D eigenvalue weighted by molar-refractivity contribution is 5.75. The fourth-order valence-electron chi connectivity index (χ4n) is 10.2. The topological polar surface area (TPSA) is 404 Å². The van der Waals surface area contributed by atoms with Gasteiger partial charge in [0, 0.05) is 77.3 Å². The van der Waals surface area contributed by atoms with Gasteiger partial charge in [0.2, 0.25) is 0 Å². The second kappa shape index (κ2) is 77.8. The van der Waals surface area contributed by atoms with E-state index in [0.29, 0.717) is 64.4 Å². The van der Waals surface area contributed by atoms with Gasteiger partial charge < -0.3 is 39.0 Å². The molecule has 0 saturated heterocycles. The summed E-state index contributed by atoms with van der Waals surface area (Å²) < 4.78 is 20.7. The fourth-order valence-corrected chi connectivity index (χ4v) is 10.2. The maximum atomic E-state index is 12.3. The quantitative estimate of drug-likeness (QED) is 0.0575. The van der Waals surface area contributed by atoms with Gasteiger partial charge in [0.05, 0.1) is 52.6 Å². The number of carboxylic acid groups (broad SMARTS) is 2. The van der Waals surface area contributed by atoms with Crippen LogP contribution in [0, 0.1) is 0 Å². The Labute approximate surface area is 600 Å². The van der Waals surface area contributed by atoms with Crippen LogP contribution in [0.2, 0.25) is 0 Å². The van der Waals surface area contributed by atoms with Crippen LogP contribution in [0.3, 0.4) is 0 Å². The number of esters is 4. The molecule has 0 heterocycles. The highest BCUT2D eigenvalue weighted by Gasteiger charge is 2.24. The fraction of sp³-hybridized carbons (Fsp3) is 0.639. The summed E-state index contributed by atoms with van der Waals surface area (Å²) in [5.74, 6) is -2.89. The van der Waals surface area contributed by atoms with Crippen LogP contribution < -0.4 is 0 Å². The molecule has 30 heteroatoms. The zero-order chi connectivity index (χ0) is 78.6. The van der Waals surface area contributed by atoms with Gasteiger partial charge >= 0.3 is 72.7 Å². The second-order valence-corrected chi connectivity index (χ2v) is 21.9. The summed E-state index contributed by atoms with van der Waals surface area (Å²) in [6, 6.07) is 17.0. The maximum Gasteiger partial charge on any atom is 0.373 e. The van der Waals surface area contributed by atoms with E-state index < -0.39 is 11.9 Å². The monoisotopic (exact) mass is 1440 g/mol. The van der Waals surface area contributed by atoms with Gasteiger partial charge in [0.15, 0.2) is 0 Å². The highest BCUT2D eigenvalue weighted by atomic mass is 16.5. The lowest BCUT2D eigenvalue weighted by molar-refractivity contribution is -0.193. The molecule has 0 amide bonds. The molecule has 0 aliphatic rings. The zero-order valence-corrected chi connectivity index (χ0v) is 61.5. The first kappa shape index (κ1) is 104. The van der Waals surface area contributed by atoms with Crippen molar-refractivity contribution in [2.24, 2.45) is 0 Å². The number of ether oxygens (including phenoxy) is 4. The lowest BCUT2D eigenvalue weighted by Gasteiger charge is -2.35. The molecule has 102 heavy (non-hydrogen) atoms. The van der Waals surface area contributed by atoms with Crippen LogP contribution in [0.4, 0.5) is 0 Å². The smallest absolute Gasteiger partial charge is 0.373 e. The van der Waals surface area contributed by atoms with Crippen LogP contribution in [-0.2, 0) is 125 Å². The van der Waals surface area contributed by atoms with Gasteiger partial charge in [-0.25, -0.2) is 0 Å². The summed E-state index contributed by atoms with van der Waals surface area (Å²) >= 11 is 0. The molecule has 2 aromatic rings. The van der Waals surface area contributed by atoms with E-state index in [-0.39, 0.29) is 99.8 Å². The molecule has 574 valence electrons. The van der Waals surface area contributed by atoms with E-state index in [2.05, 4.69) is 85.4 Å². The molecular weight excluding hydrogens is 1330 g/mol. The number of aryl methyl sites for hydroxylation is 3. The number of benzene rings is 2. The van der Waals surface area contributed by atoms with Crippen LogP contribution in [0.25, 0.3) is 6.08 Å².